The van der Waals surface area contributed by atoms with E-state index in [4.69, 9.17) is 9.15 Å². The topological polar surface area (TPSA) is 81.4 Å². The summed E-state index contributed by atoms with van der Waals surface area (Å²) in [4.78, 5) is 28.0. The van der Waals surface area contributed by atoms with Crippen LogP contribution in [0, 0.1) is 6.92 Å². The van der Waals surface area contributed by atoms with Gasteiger partial charge in [0.25, 0.3) is 5.24 Å². The number of hydrogen-bond acceptors (Lipinski definition) is 7. The van der Waals surface area contributed by atoms with Gasteiger partial charge in [-0.15, -0.1) is 11.3 Å². The molecular weight excluding hydrogens is 444 g/mol. The lowest BCUT2D eigenvalue weighted by Crippen LogP contribution is -2.25. The molecule has 6 nitrogen and oxygen atoms in total. The monoisotopic (exact) mass is 464 g/mol. The average molecular weight is 465 g/mol. The van der Waals surface area contributed by atoms with Gasteiger partial charge in [0, 0.05) is 12.0 Å². The molecule has 0 bridgehead atoms. The lowest BCUT2D eigenvalue weighted by Gasteiger charge is -2.11. The van der Waals surface area contributed by atoms with Gasteiger partial charge < -0.3 is 9.15 Å². The van der Waals surface area contributed by atoms with E-state index in [2.05, 4.69) is 10.3 Å². The number of rotatable bonds is 7. The van der Waals surface area contributed by atoms with Crippen molar-refractivity contribution < 1.29 is 18.7 Å². The molecule has 3 heterocycles. The lowest BCUT2D eigenvalue weighted by atomic mass is 10.0. The number of ether oxygens (including phenoxy) is 1. The number of thioether (sulfide) groups is 1. The van der Waals surface area contributed by atoms with Crippen LogP contribution in [0.25, 0.3) is 21.5 Å². The summed E-state index contributed by atoms with van der Waals surface area (Å²) in [5, 5.41) is 4.76. The zero-order valence-electron chi connectivity index (χ0n) is 17.3. The number of thiophene rings is 1. The second-order valence-electron chi connectivity index (χ2n) is 7.46. The van der Waals surface area contributed by atoms with Gasteiger partial charge in [0.15, 0.2) is 0 Å². The van der Waals surface area contributed by atoms with Gasteiger partial charge in [0.05, 0.1) is 22.3 Å². The molecule has 0 aliphatic carbocycles. The Bertz CT molecular complexity index is 1300. The number of carbonyl (C=O) groups excluding carboxylic acids is 2. The Morgan fingerprint density at radius 3 is 2.75 bits per heavy atom. The zero-order chi connectivity index (χ0) is 22.1. The number of amides is 2. The van der Waals surface area contributed by atoms with Gasteiger partial charge >= 0.3 is 0 Å². The average Bonchev–Trinajstić information content (AvgIpc) is 3.50. The van der Waals surface area contributed by atoms with Crippen LogP contribution < -0.4 is 10.1 Å². The lowest BCUT2D eigenvalue weighted by molar-refractivity contribution is -0.118. The van der Waals surface area contributed by atoms with Crippen LogP contribution in [0.5, 0.6) is 5.75 Å². The molecule has 1 aliphatic rings. The zero-order valence-corrected chi connectivity index (χ0v) is 18.9. The van der Waals surface area contributed by atoms with Crippen LogP contribution in [0.1, 0.15) is 17.0 Å². The van der Waals surface area contributed by atoms with Crippen molar-refractivity contribution in [3.05, 3.63) is 70.9 Å². The molecule has 1 saturated heterocycles. The quantitative estimate of drug-likeness (QED) is 0.395. The van der Waals surface area contributed by atoms with E-state index in [0.717, 1.165) is 50.2 Å². The minimum Gasteiger partial charge on any atom is -0.492 e. The molecule has 1 fully saturated rings. The number of benzene rings is 2. The molecule has 2 aromatic carbocycles. The molecule has 1 aliphatic heterocycles. The van der Waals surface area contributed by atoms with E-state index in [1.165, 1.54) is 0 Å². The van der Waals surface area contributed by atoms with Gasteiger partial charge in [-0.3, -0.25) is 14.9 Å². The molecule has 0 spiro atoms. The van der Waals surface area contributed by atoms with Crippen LogP contribution in [0.3, 0.4) is 0 Å². The second kappa shape index (κ2) is 8.80. The van der Waals surface area contributed by atoms with Crippen LogP contribution in [-0.2, 0) is 17.6 Å². The van der Waals surface area contributed by atoms with Gasteiger partial charge in [-0.25, -0.2) is 4.98 Å². The van der Waals surface area contributed by atoms with E-state index < -0.39 is 0 Å². The number of fused-ring (bicyclic) bond motifs is 1. The summed E-state index contributed by atoms with van der Waals surface area (Å²) in [5.74, 6) is 2.01. The fraction of sp³-hybridized carbons (Fsp3) is 0.208. The molecule has 1 atom stereocenters. The molecule has 2 aromatic heterocycles. The predicted octanol–water partition coefficient (Wildman–Crippen LogP) is 5.38. The molecule has 1 N–H and O–H groups in total. The number of aryl methyl sites for hydroxylation is 1. The van der Waals surface area contributed by atoms with Gasteiger partial charge in [-0.1, -0.05) is 36.0 Å². The number of aromatic nitrogens is 1. The van der Waals surface area contributed by atoms with E-state index in [0.29, 0.717) is 25.3 Å². The SMILES string of the molecule is Cc1oc(-c2ccccc2)nc1CCOc1ccc(CC2SC(=O)NC2=O)c2ccsc12. The molecule has 32 heavy (non-hydrogen) atoms. The third-order valence-corrected chi connectivity index (χ3v) is 7.26. The van der Waals surface area contributed by atoms with Crippen LogP contribution >= 0.6 is 23.1 Å². The van der Waals surface area contributed by atoms with Crippen molar-refractivity contribution in [1.29, 1.82) is 0 Å². The summed E-state index contributed by atoms with van der Waals surface area (Å²) < 4.78 is 13.0. The van der Waals surface area contributed by atoms with Gasteiger partial charge in [0.2, 0.25) is 11.8 Å². The molecule has 2 amide bonds. The van der Waals surface area contributed by atoms with E-state index in [1.54, 1.807) is 11.3 Å². The summed E-state index contributed by atoms with van der Waals surface area (Å²) in [6, 6.07) is 15.8. The maximum Gasteiger partial charge on any atom is 0.286 e. The summed E-state index contributed by atoms with van der Waals surface area (Å²) in [7, 11) is 0. The molecule has 4 aromatic rings. The first-order chi connectivity index (χ1) is 15.6. The summed E-state index contributed by atoms with van der Waals surface area (Å²) in [6.45, 7) is 2.40. The fourth-order valence-corrected chi connectivity index (χ4v) is 5.49. The highest BCUT2D eigenvalue weighted by Crippen LogP contribution is 2.35. The third-order valence-electron chi connectivity index (χ3n) is 5.35. The first kappa shape index (κ1) is 20.8. The van der Waals surface area contributed by atoms with Crippen molar-refractivity contribution in [2.75, 3.05) is 6.61 Å². The Morgan fingerprint density at radius 1 is 1.12 bits per heavy atom. The highest BCUT2D eigenvalue weighted by molar-refractivity contribution is 8.15. The maximum absolute atomic E-state index is 11.9. The van der Waals surface area contributed by atoms with E-state index in [1.807, 2.05) is 60.8 Å². The molecule has 8 heteroatoms. The van der Waals surface area contributed by atoms with Crippen molar-refractivity contribution >= 4 is 44.3 Å². The Kier molecular flexibility index (Phi) is 5.71. The number of imide groups is 1. The van der Waals surface area contributed by atoms with Crippen molar-refractivity contribution in [2.45, 2.75) is 25.0 Å². The number of nitrogens with one attached hydrogen (secondary N) is 1. The highest BCUT2D eigenvalue weighted by Gasteiger charge is 2.32. The number of nitrogens with zero attached hydrogens (tertiary/aromatic N) is 1. The summed E-state index contributed by atoms with van der Waals surface area (Å²) in [5.41, 5.74) is 2.88. The Labute approximate surface area is 193 Å². The highest BCUT2D eigenvalue weighted by atomic mass is 32.2. The van der Waals surface area contributed by atoms with Crippen molar-refractivity contribution in [3.63, 3.8) is 0 Å². The largest absolute Gasteiger partial charge is 0.492 e. The Balaban J connectivity index is 1.28. The Morgan fingerprint density at radius 2 is 1.97 bits per heavy atom. The fourth-order valence-electron chi connectivity index (χ4n) is 3.74. The van der Waals surface area contributed by atoms with Crippen LogP contribution in [-0.4, -0.2) is 28.0 Å². The van der Waals surface area contributed by atoms with E-state index in [-0.39, 0.29) is 16.4 Å². The van der Waals surface area contributed by atoms with Crippen molar-refractivity contribution in [1.82, 2.24) is 10.3 Å². The maximum atomic E-state index is 11.9. The van der Waals surface area contributed by atoms with Gasteiger partial charge in [0.1, 0.15) is 11.5 Å². The van der Waals surface area contributed by atoms with Crippen LogP contribution in [0.15, 0.2) is 58.3 Å². The van der Waals surface area contributed by atoms with E-state index in [9.17, 15) is 9.59 Å². The molecule has 0 radical (unpaired) electrons. The smallest absolute Gasteiger partial charge is 0.286 e. The number of carbonyl (C=O) groups is 2. The van der Waals surface area contributed by atoms with Crippen molar-refractivity contribution in [2.24, 2.45) is 0 Å². The van der Waals surface area contributed by atoms with E-state index >= 15 is 0 Å². The Hall–Kier alpha value is -3.10. The normalized spacial score (nSPS) is 16.0. The molecule has 5 rings (SSSR count). The first-order valence-electron chi connectivity index (χ1n) is 10.2. The van der Waals surface area contributed by atoms with Crippen molar-refractivity contribution in [3.8, 4) is 17.2 Å². The second-order valence-corrected chi connectivity index (χ2v) is 9.55. The summed E-state index contributed by atoms with van der Waals surface area (Å²) >= 11 is 2.66. The molecule has 162 valence electrons. The number of oxazole rings is 1. The standard InChI is InChI=1S/C24H20N2O4S2/c1-14-18(25-23(30-14)15-5-3-2-4-6-15)9-11-29-19-8-7-16(17-10-12-31-21(17)19)13-20-22(27)26-24(28)32-20/h2-8,10,12,20H,9,11,13H2,1H3,(H,26,27,28). The number of hydrogen-bond donors (Lipinski definition) is 1. The van der Waals surface area contributed by atoms with Gasteiger partial charge in [-0.2, -0.15) is 0 Å². The summed E-state index contributed by atoms with van der Waals surface area (Å²) in [6.07, 6.45) is 1.15. The third kappa shape index (κ3) is 4.16. The molecular formula is C24H20N2O4S2. The molecule has 1 unspecified atom stereocenters. The van der Waals surface area contributed by atoms with Crippen LogP contribution in [0.4, 0.5) is 4.79 Å². The predicted molar refractivity (Wildman–Crippen MR) is 126 cm³/mol. The minimum atomic E-state index is -0.383. The first-order valence-corrected chi connectivity index (χ1v) is 12.0. The van der Waals surface area contributed by atoms with Crippen LogP contribution in [0.2, 0.25) is 0 Å². The van der Waals surface area contributed by atoms with Gasteiger partial charge in [-0.05, 0) is 53.9 Å². The minimum absolute atomic E-state index is 0.221. The molecule has 0 saturated carbocycles.